The van der Waals surface area contributed by atoms with Crippen molar-refractivity contribution < 1.29 is 14.6 Å². The summed E-state index contributed by atoms with van der Waals surface area (Å²) in [4.78, 5) is 21.7. The lowest BCUT2D eigenvalue weighted by Gasteiger charge is -2.26. The second-order valence-electron chi connectivity index (χ2n) is 7.14. The number of carbonyl (C=O) groups is 1. The minimum absolute atomic E-state index is 0.0641. The number of ether oxygens (including phenoxy) is 1. The molecule has 2 aromatic heterocycles. The van der Waals surface area contributed by atoms with Gasteiger partial charge in [-0.15, -0.1) is 11.3 Å². The van der Waals surface area contributed by atoms with E-state index in [1.165, 1.54) is 11.3 Å². The summed E-state index contributed by atoms with van der Waals surface area (Å²) in [5.41, 5.74) is 4.03. The first-order valence-corrected chi connectivity index (χ1v) is 10.5. The molecule has 6 nitrogen and oxygen atoms in total. The Morgan fingerprint density at radius 3 is 3.00 bits per heavy atom. The Hall–Kier alpha value is -3.29. The van der Waals surface area contributed by atoms with E-state index in [0.717, 1.165) is 44.1 Å². The van der Waals surface area contributed by atoms with Crippen LogP contribution in [-0.4, -0.2) is 27.6 Å². The number of carbonyl (C=O) groups excluding carboxylic acids is 1. The largest absolute Gasteiger partial charge is 0.493 e. The topological polar surface area (TPSA) is 84.3 Å². The monoisotopic (exact) mass is 417 g/mol. The predicted octanol–water partition coefficient (Wildman–Crippen LogP) is 4.10. The number of aromatic nitrogens is 2. The molecule has 1 aliphatic heterocycles. The standard InChI is InChI=1S/C23H19N3O3S/c27-13-14-9-16(12-24-11-14)23-26-19-6-5-15(10-21(19)30-23)22(28)25-18-7-8-29-20-4-2-1-3-17(18)20/h1-6,9-12,18,27H,7-8,13H2,(H,25,28). The van der Waals surface area contributed by atoms with E-state index < -0.39 is 0 Å². The Morgan fingerprint density at radius 2 is 2.10 bits per heavy atom. The average Bonchev–Trinajstić information content (AvgIpc) is 3.23. The zero-order valence-corrected chi connectivity index (χ0v) is 16.9. The van der Waals surface area contributed by atoms with E-state index in [1.54, 1.807) is 18.5 Å². The number of aliphatic hydroxyl groups excluding tert-OH is 1. The third-order valence-corrected chi connectivity index (χ3v) is 6.21. The summed E-state index contributed by atoms with van der Waals surface area (Å²) in [6.45, 7) is 0.519. The minimum atomic E-state index is -0.113. The van der Waals surface area contributed by atoms with Gasteiger partial charge in [-0.2, -0.15) is 0 Å². The van der Waals surface area contributed by atoms with Crippen molar-refractivity contribution >= 4 is 27.5 Å². The van der Waals surface area contributed by atoms with Gasteiger partial charge in [0.25, 0.3) is 5.91 Å². The van der Waals surface area contributed by atoms with Crippen molar-refractivity contribution in [1.82, 2.24) is 15.3 Å². The summed E-state index contributed by atoms with van der Waals surface area (Å²) >= 11 is 1.50. The maximum atomic E-state index is 12.9. The molecule has 0 bridgehead atoms. The van der Waals surface area contributed by atoms with Crippen LogP contribution < -0.4 is 10.1 Å². The maximum Gasteiger partial charge on any atom is 0.251 e. The molecular formula is C23H19N3O3S. The summed E-state index contributed by atoms with van der Waals surface area (Å²) in [7, 11) is 0. The highest BCUT2D eigenvalue weighted by Crippen LogP contribution is 2.33. The summed E-state index contributed by atoms with van der Waals surface area (Å²) < 4.78 is 6.61. The Bertz CT molecular complexity index is 1240. The van der Waals surface area contributed by atoms with Crippen LogP contribution in [0.25, 0.3) is 20.8 Å². The predicted molar refractivity (Wildman–Crippen MR) is 116 cm³/mol. The first-order chi connectivity index (χ1) is 14.7. The van der Waals surface area contributed by atoms with Crippen molar-refractivity contribution in [3.05, 3.63) is 77.6 Å². The van der Waals surface area contributed by atoms with E-state index in [0.29, 0.717) is 12.2 Å². The number of para-hydroxylation sites is 1. The first kappa shape index (κ1) is 18.7. The van der Waals surface area contributed by atoms with Crippen molar-refractivity contribution in [2.45, 2.75) is 19.1 Å². The van der Waals surface area contributed by atoms with Gasteiger partial charge in [0.05, 0.1) is 29.5 Å². The van der Waals surface area contributed by atoms with Gasteiger partial charge in [-0.05, 0) is 35.9 Å². The zero-order valence-electron chi connectivity index (χ0n) is 16.0. The van der Waals surface area contributed by atoms with Gasteiger partial charge in [-0.3, -0.25) is 9.78 Å². The second-order valence-corrected chi connectivity index (χ2v) is 8.17. The summed E-state index contributed by atoms with van der Waals surface area (Å²) in [5, 5.41) is 13.3. The number of nitrogens with zero attached hydrogens (tertiary/aromatic N) is 2. The molecule has 5 rings (SSSR count). The van der Waals surface area contributed by atoms with E-state index in [2.05, 4.69) is 15.3 Å². The number of aliphatic hydroxyl groups is 1. The van der Waals surface area contributed by atoms with Crippen LogP contribution in [0.15, 0.2) is 60.9 Å². The van der Waals surface area contributed by atoms with Gasteiger partial charge < -0.3 is 15.2 Å². The van der Waals surface area contributed by atoms with E-state index in [9.17, 15) is 9.90 Å². The van der Waals surface area contributed by atoms with Crippen molar-refractivity contribution in [1.29, 1.82) is 0 Å². The molecule has 30 heavy (non-hydrogen) atoms. The van der Waals surface area contributed by atoms with Crippen LogP contribution in [0.2, 0.25) is 0 Å². The number of nitrogens with one attached hydrogen (secondary N) is 1. The van der Waals surface area contributed by atoms with Gasteiger partial charge in [0.2, 0.25) is 0 Å². The summed E-state index contributed by atoms with van der Waals surface area (Å²) in [6.07, 6.45) is 4.10. The molecule has 0 spiro atoms. The molecule has 0 saturated heterocycles. The number of hydrogen-bond donors (Lipinski definition) is 2. The molecule has 1 aliphatic rings. The van der Waals surface area contributed by atoms with Gasteiger partial charge in [0.1, 0.15) is 10.8 Å². The van der Waals surface area contributed by atoms with Gasteiger partial charge in [-0.1, -0.05) is 18.2 Å². The van der Waals surface area contributed by atoms with Gasteiger partial charge in [0, 0.05) is 35.5 Å². The van der Waals surface area contributed by atoms with E-state index in [-0.39, 0.29) is 18.6 Å². The van der Waals surface area contributed by atoms with Gasteiger partial charge in [0.15, 0.2) is 0 Å². The first-order valence-electron chi connectivity index (χ1n) is 9.69. The Morgan fingerprint density at radius 1 is 1.20 bits per heavy atom. The van der Waals surface area contributed by atoms with Crippen LogP contribution in [0, 0.1) is 0 Å². The van der Waals surface area contributed by atoms with Crippen molar-refractivity contribution in [2.75, 3.05) is 6.61 Å². The number of fused-ring (bicyclic) bond motifs is 2. The lowest BCUT2D eigenvalue weighted by molar-refractivity contribution is 0.0925. The molecule has 0 fully saturated rings. The van der Waals surface area contributed by atoms with Crippen molar-refractivity contribution in [3.8, 4) is 16.3 Å². The van der Waals surface area contributed by atoms with Gasteiger partial charge >= 0.3 is 0 Å². The van der Waals surface area contributed by atoms with Crippen LogP contribution >= 0.6 is 11.3 Å². The SMILES string of the molecule is O=C(NC1CCOc2ccccc21)c1ccc2nc(-c3cncc(CO)c3)sc2c1. The number of thiazole rings is 1. The fourth-order valence-corrected chi connectivity index (χ4v) is 4.60. The molecule has 2 aromatic carbocycles. The number of rotatable bonds is 4. The summed E-state index contributed by atoms with van der Waals surface area (Å²) in [6, 6.07) is 15.2. The lowest BCUT2D eigenvalue weighted by atomic mass is 10.00. The molecule has 0 saturated carbocycles. The molecule has 1 amide bonds. The molecule has 7 heteroatoms. The van der Waals surface area contributed by atoms with E-state index in [1.807, 2.05) is 42.5 Å². The van der Waals surface area contributed by atoms with Crippen molar-refractivity contribution in [3.63, 3.8) is 0 Å². The fraction of sp³-hybridized carbons (Fsp3) is 0.174. The third-order valence-electron chi connectivity index (χ3n) is 5.14. The average molecular weight is 417 g/mol. The van der Waals surface area contributed by atoms with E-state index in [4.69, 9.17) is 4.74 Å². The quantitative estimate of drug-likeness (QED) is 0.522. The van der Waals surface area contributed by atoms with E-state index >= 15 is 0 Å². The number of benzene rings is 2. The minimum Gasteiger partial charge on any atom is -0.493 e. The lowest BCUT2D eigenvalue weighted by Crippen LogP contribution is -2.32. The van der Waals surface area contributed by atoms with Crippen LogP contribution in [0.5, 0.6) is 5.75 Å². The van der Waals surface area contributed by atoms with Crippen LogP contribution in [-0.2, 0) is 6.61 Å². The highest BCUT2D eigenvalue weighted by atomic mass is 32.1. The maximum absolute atomic E-state index is 12.9. The molecule has 0 aliphatic carbocycles. The zero-order chi connectivity index (χ0) is 20.5. The summed E-state index contributed by atoms with van der Waals surface area (Å²) in [5.74, 6) is 0.716. The van der Waals surface area contributed by atoms with Crippen LogP contribution in [0.1, 0.15) is 33.9 Å². The fourth-order valence-electron chi connectivity index (χ4n) is 3.61. The number of amides is 1. The van der Waals surface area contributed by atoms with Crippen molar-refractivity contribution in [2.24, 2.45) is 0 Å². The third kappa shape index (κ3) is 3.53. The molecule has 4 aromatic rings. The van der Waals surface area contributed by atoms with Gasteiger partial charge in [-0.25, -0.2) is 4.98 Å². The van der Waals surface area contributed by atoms with Crippen LogP contribution in [0.4, 0.5) is 0 Å². The molecular weight excluding hydrogens is 398 g/mol. The molecule has 150 valence electrons. The van der Waals surface area contributed by atoms with Crippen LogP contribution in [0.3, 0.4) is 0 Å². The number of pyridine rings is 1. The molecule has 0 radical (unpaired) electrons. The molecule has 1 atom stereocenters. The highest BCUT2D eigenvalue weighted by molar-refractivity contribution is 7.21. The Kier molecular flexibility index (Phi) is 4.90. The molecule has 2 N–H and O–H groups in total. The Balaban J connectivity index is 1.41. The second kappa shape index (κ2) is 7.85. The molecule has 1 unspecified atom stereocenters. The Labute approximate surface area is 177 Å². The molecule has 3 heterocycles. The normalized spacial score (nSPS) is 15.4. The number of hydrogen-bond acceptors (Lipinski definition) is 6. The smallest absolute Gasteiger partial charge is 0.251 e. The highest BCUT2D eigenvalue weighted by Gasteiger charge is 2.23.